The predicted molar refractivity (Wildman–Crippen MR) is 142 cm³/mol. The third-order valence-corrected chi connectivity index (χ3v) is 6.63. The van der Waals surface area contributed by atoms with Crippen molar-refractivity contribution in [3.63, 3.8) is 0 Å². The van der Waals surface area contributed by atoms with E-state index < -0.39 is 0 Å². The Balaban J connectivity index is 1.58. The van der Waals surface area contributed by atoms with Gasteiger partial charge < -0.3 is 24.3 Å². The molecule has 5 rings (SSSR count). The van der Waals surface area contributed by atoms with Crippen LogP contribution in [0.2, 0.25) is 5.02 Å². The van der Waals surface area contributed by atoms with Crippen molar-refractivity contribution in [1.82, 2.24) is 14.9 Å². The van der Waals surface area contributed by atoms with Crippen molar-refractivity contribution in [2.45, 2.75) is 12.1 Å². The van der Waals surface area contributed by atoms with Crippen molar-refractivity contribution in [2.75, 3.05) is 25.2 Å². The number of nitrogens with zero attached hydrogens (tertiary/aromatic N) is 3. The Morgan fingerprint density at radius 3 is 2.56 bits per heavy atom. The number of hydrogen-bond donors (Lipinski definition) is 1. The molecular formula is C27H24ClFN4O2S. The first-order valence-electron chi connectivity index (χ1n) is 11.4. The summed E-state index contributed by atoms with van der Waals surface area (Å²) in [5.41, 5.74) is 3.46. The van der Waals surface area contributed by atoms with E-state index in [9.17, 15) is 4.39 Å². The van der Waals surface area contributed by atoms with E-state index in [1.807, 2.05) is 64.2 Å². The molecule has 4 aromatic rings. The van der Waals surface area contributed by atoms with Crippen LogP contribution in [-0.2, 0) is 4.74 Å². The summed E-state index contributed by atoms with van der Waals surface area (Å²) < 4.78 is 26.5. The molecule has 3 heterocycles. The number of nitrogens with one attached hydrogen (secondary N) is 1. The second-order valence-electron chi connectivity index (χ2n) is 8.23. The van der Waals surface area contributed by atoms with E-state index in [1.54, 1.807) is 25.4 Å². The molecule has 9 heteroatoms. The summed E-state index contributed by atoms with van der Waals surface area (Å²) in [6, 6.07) is 21.3. The van der Waals surface area contributed by atoms with Crippen LogP contribution < -0.4 is 15.0 Å². The molecule has 0 radical (unpaired) electrons. The second kappa shape index (κ2) is 10.7. The highest BCUT2D eigenvalue weighted by atomic mass is 35.5. The van der Waals surface area contributed by atoms with Gasteiger partial charge in [-0.25, -0.2) is 4.39 Å². The fourth-order valence-electron chi connectivity index (χ4n) is 4.40. The van der Waals surface area contributed by atoms with Crippen LogP contribution in [0.5, 0.6) is 5.75 Å². The number of benzene rings is 2. The maximum Gasteiger partial charge on any atom is 0.174 e. The Morgan fingerprint density at radius 1 is 1.03 bits per heavy atom. The number of rotatable bonds is 8. The van der Waals surface area contributed by atoms with Gasteiger partial charge in [0, 0.05) is 36.6 Å². The molecule has 0 spiro atoms. The van der Waals surface area contributed by atoms with Crippen LogP contribution in [0.4, 0.5) is 10.1 Å². The minimum Gasteiger partial charge on any atom is -0.490 e. The van der Waals surface area contributed by atoms with Crippen LogP contribution >= 0.6 is 23.8 Å². The Morgan fingerprint density at radius 2 is 1.83 bits per heavy atom. The van der Waals surface area contributed by atoms with Gasteiger partial charge in [0.2, 0.25) is 0 Å². The zero-order valence-corrected chi connectivity index (χ0v) is 21.0. The highest BCUT2D eigenvalue weighted by Crippen LogP contribution is 2.43. The molecule has 1 saturated heterocycles. The molecule has 36 heavy (non-hydrogen) atoms. The number of thiocarbonyl (C=S) groups is 1. The standard InChI is InChI=1S/C27H24ClFN4O2S/c1-34-15-16-35-24-12-11-20(17-21(24)28)33-26(25(31-27(33)36)22-5-2-3-13-30-22)23-6-4-14-32(23)19-9-7-18(29)8-10-19/h2-14,17,25-26H,15-16H2,1H3,(H,31,36)/t25-,26-/m1/s1. The van der Waals surface area contributed by atoms with Crippen molar-refractivity contribution >= 4 is 34.6 Å². The highest BCUT2D eigenvalue weighted by molar-refractivity contribution is 7.80. The van der Waals surface area contributed by atoms with Gasteiger partial charge >= 0.3 is 0 Å². The Labute approximate surface area is 219 Å². The van der Waals surface area contributed by atoms with Gasteiger partial charge in [0.1, 0.15) is 24.2 Å². The molecule has 6 nitrogen and oxygen atoms in total. The minimum atomic E-state index is -0.286. The van der Waals surface area contributed by atoms with E-state index >= 15 is 0 Å². The monoisotopic (exact) mass is 522 g/mol. The van der Waals surface area contributed by atoms with E-state index in [1.165, 1.54) is 12.1 Å². The van der Waals surface area contributed by atoms with Gasteiger partial charge in [0.15, 0.2) is 5.11 Å². The molecule has 1 N–H and O–H groups in total. The fraction of sp³-hybridized carbons (Fsp3) is 0.185. The number of pyridine rings is 1. The highest BCUT2D eigenvalue weighted by Gasteiger charge is 2.42. The van der Waals surface area contributed by atoms with Crippen LogP contribution in [0, 0.1) is 5.82 Å². The molecule has 2 atom stereocenters. The number of aromatic nitrogens is 2. The molecule has 1 fully saturated rings. The SMILES string of the molecule is COCCOc1ccc(N2C(=S)N[C@H](c3ccccn3)[C@H]2c2cccn2-c2ccc(F)cc2)cc1Cl. The lowest BCUT2D eigenvalue weighted by Gasteiger charge is -2.29. The largest absolute Gasteiger partial charge is 0.490 e. The number of methoxy groups -OCH3 is 1. The summed E-state index contributed by atoms with van der Waals surface area (Å²) in [5.74, 6) is 0.287. The summed E-state index contributed by atoms with van der Waals surface area (Å²) >= 11 is 12.4. The summed E-state index contributed by atoms with van der Waals surface area (Å²) in [6.45, 7) is 0.862. The molecule has 0 aliphatic carbocycles. The second-order valence-corrected chi connectivity index (χ2v) is 9.03. The molecule has 1 aliphatic heterocycles. The van der Waals surface area contributed by atoms with Crippen LogP contribution in [0.15, 0.2) is 85.2 Å². The maximum atomic E-state index is 13.6. The lowest BCUT2D eigenvalue weighted by molar-refractivity contribution is 0.146. The van der Waals surface area contributed by atoms with Crippen LogP contribution in [-0.4, -0.2) is 35.0 Å². The first-order chi connectivity index (χ1) is 17.6. The van der Waals surface area contributed by atoms with E-state index in [2.05, 4.69) is 10.3 Å². The Hall–Kier alpha value is -3.46. The zero-order valence-electron chi connectivity index (χ0n) is 19.5. The maximum absolute atomic E-state index is 13.6. The lowest BCUT2D eigenvalue weighted by atomic mass is 10.0. The van der Waals surface area contributed by atoms with Gasteiger partial charge in [-0.3, -0.25) is 4.98 Å². The van der Waals surface area contributed by atoms with Crippen LogP contribution in [0.3, 0.4) is 0 Å². The van der Waals surface area contributed by atoms with Gasteiger partial charge in [-0.2, -0.15) is 0 Å². The lowest BCUT2D eigenvalue weighted by Crippen LogP contribution is -2.30. The average molecular weight is 523 g/mol. The molecule has 0 saturated carbocycles. The Bertz CT molecular complexity index is 1350. The first kappa shape index (κ1) is 24.2. The van der Waals surface area contributed by atoms with Crippen molar-refractivity contribution in [1.29, 1.82) is 0 Å². The fourth-order valence-corrected chi connectivity index (χ4v) is 4.97. The molecule has 0 amide bonds. The third kappa shape index (κ3) is 4.80. The summed E-state index contributed by atoms with van der Waals surface area (Å²) in [4.78, 5) is 6.64. The zero-order chi connectivity index (χ0) is 25.1. The molecule has 2 aromatic carbocycles. The van der Waals surface area contributed by atoms with E-state index in [0.29, 0.717) is 29.1 Å². The van der Waals surface area contributed by atoms with Gasteiger partial charge in [-0.15, -0.1) is 0 Å². The summed E-state index contributed by atoms with van der Waals surface area (Å²) in [7, 11) is 1.62. The first-order valence-corrected chi connectivity index (χ1v) is 12.2. The average Bonchev–Trinajstić information content (AvgIpc) is 3.50. The van der Waals surface area contributed by atoms with E-state index in [4.69, 9.17) is 33.3 Å². The smallest absolute Gasteiger partial charge is 0.174 e. The summed E-state index contributed by atoms with van der Waals surface area (Å²) in [6.07, 6.45) is 3.72. The van der Waals surface area contributed by atoms with Gasteiger partial charge in [-0.05, 0) is 78.9 Å². The molecule has 0 bridgehead atoms. The van der Waals surface area contributed by atoms with Crippen molar-refractivity contribution in [3.05, 3.63) is 107 Å². The van der Waals surface area contributed by atoms with Crippen LogP contribution in [0.1, 0.15) is 23.5 Å². The number of ether oxygens (including phenoxy) is 2. The van der Waals surface area contributed by atoms with Crippen LogP contribution in [0.25, 0.3) is 5.69 Å². The number of anilines is 1. The van der Waals surface area contributed by atoms with Crippen molar-refractivity contribution < 1.29 is 13.9 Å². The van der Waals surface area contributed by atoms with Gasteiger partial charge in [-0.1, -0.05) is 17.7 Å². The normalized spacial score (nSPS) is 17.3. The Kier molecular flexibility index (Phi) is 7.18. The van der Waals surface area contributed by atoms with Gasteiger partial charge in [0.05, 0.1) is 23.4 Å². The predicted octanol–water partition coefficient (Wildman–Crippen LogP) is 5.87. The number of halogens is 2. The topological polar surface area (TPSA) is 51.6 Å². The molecule has 0 unspecified atom stereocenters. The minimum absolute atomic E-state index is 0.232. The quantitative estimate of drug-likeness (QED) is 0.231. The third-order valence-electron chi connectivity index (χ3n) is 6.02. The van der Waals surface area contributed by atoms with Crippen molar-refractivity contribution in [3.8, 4) is 11.4 Å². The molecule has 1 aliphatic rings. The summed E-state index contributed by atoms with van der Waals surface area (Å²) in [5, 5.41) is 4.47. The van der Waals surface area contributed by atoms with Crippen molar-refractivity contribution in [2.24, 2.45) is 0 Å². The van der Waals surface area contributed by atoms with Gasteiger partial charge in [0.25, 0.3) is 0 Å². The van der Waals surface area contributed by atoms with E-state index in [-0.39, 0.29) is 17.9 Å². The van der Waals surface area contributed by atoms with E-state index in [0.717, 1.165) is 22.8 Å². The molecular weight excluding hydrogens is 499 g/mol. The molecule has 184 valence electrons. The number of hydrogen-bond acceptors (Lipinski definition) is 4. The molecule has 2 aromatic heterocycles.